The van der Waals surface area contributed by atoms with E-state index in [2.05, 4.69) is 19.2 Å². The third-order valence-corrected chi connectivity index (χ3v) is 3.82. The summed E-state index contributed by atoms with van der Waals surface area (Å²) in [6, 6.07) is 7.98. The van der Waals surface area contributed by atoms with Crippen LogP contribution in [0.3, 0.4) is 0 Å². The summed E-state index contributed by atoms with van der Waals surface area (Å²) < 4.78 is 5.80. The summed E-state index contributed by atoms with van der Waals surface area (Å²) in [4.78, 5) is 0. The van der Waals surface area contributed by atoms with E-state index in [1.54, 1.807) is 12.1 Å². The highest BCUT2D eigenvalue weighted by molar-refractivity contribution is 5.25. The molecule has 3 heteroatoms. The number of nitrogens with one attached hydrogen (secondary N) is 1. The molecule has 1 aromatic carbocycles. The molecule has 1 aliphatic heterocycles. The van der Waals surface area contributed by atoms with Gasteiger partial charge in [0.25, 0.3) is 0 Å². The summed E-state index contributed by atoms with van der Waals surface area (Å²) in [6.45, 7) is 5.33. The molecule has 0 bridgehead atoms. The Kier molecular flexibility index (Phi) is 5.23. The largest absolute Gasteiger partial charge is 0.508 e. The third kappa shape index (κ3) is 4.84. The summed E-state index contributed by atoms with van der Waals surface area (Å²) in [5.74, 6) is 0.336. The van der Waals surface area contributed by atoms with Crippen molar-refractivity contribution in [3.63, 3.8) is 0 Å². The average molecular weight is 263 g/mol. The lowest BCUT2D eigenvalue weighted by Crippen LogP contribution is -2.34. The summed E-state index contributed by atoms with van der Waals surface area (Å²) in [6.07, 6.45) is 5.33. The Bertz CT molecular complexity index is 377. The smallest absolute Gasteiger partial charge is 0.115 e. The lowest BCUT2D eigenvalue weighted by molar-refractivity contribution is 0.0545. The second kappa shape index (κ2) is 6.92. The molecule has 0 radical (unpaired) electrons. The maximum atomic E-state index is 9.23. The predicted molar refractivity (Wildman–Crippen MR) is 77.5 cm³/mol. The van der Waals surface area contributed by atoms with Gasteiger partial charge in [0.1, 0.15) is 5.75 Å². The van der Waals surface area contributed by atoms with E-state index >= 15 is 0 Å². The maximum absolute atomic E-state index is 9.23. The number of hydrogen-bond acceptors (Lipinski definition) is 3. The predicted octanol–water partition coefficient (Wildman–Crippen LogP) is 2.87. The lowest BCUT2D eigenvalue weighted by atomic mass is 10.1. The Labute approximate surface area is 116 Å². The molecular weight excluding hydrogens is 238 g/mol. The molecule has 1 aromatic rings. The average Bonchev–Trinajstić information content (AvgIpc) is 2.81. The zero-order chi connectivity index (χ0) is 13.7. The molecule has 0 spiro atoms. The first kappa shape index (κ1) is 14.4. The molecule has 0 amide bonds. The summed E-state index contributed by atoms with van der Waals surface area (Å²) >= 11 is 0. The Morgan fingerprint density at radius 1 is 1.32 bits per heavy atom. The molecule has 3 nitrogen and oxygen atoms in total. The van der Waals surface area contributed by atoms with Gasteiger partial charge in [0, 0.05) is 12.6 Å². The number of aryl methyl sites for hydroxylation is 1. The normalized spacial score (nSPS) is 24.5. The molecule has 3 unspecified atom stereocenters. The Morgan fingerprint density at radius 2 is 2.05 bits per heavy atom. The molecule has 1 saturated heterocycles. The number of aromatic hydroxyl groups is 1. The number of benzene rings is 1. The fraction of sp³-hybridized carbons (Fsp3) is 0.625. The SMILES string of the molecule is CC(CCc1ccc(O)cc1)NCC1CCC(C)O1. The molecule has 0 saturated carbocycles. The van der Waals surface area contributed by atoms with E-state index in [1.807, 2.05) is 12.1 Å². The minimum absolute atomic E-state index is 0.336. The fourth-order valence-electron chi connectivity index (χ4n) is 2.52. The van der Waals surface area contributed by atoms with Gasteiger partial charge in [-0.3, -0.25) is 0 Å². The number of ether oxygens (including phenoxy) is 1. The van der Waals surface area contributed by atoms with Crippen molar-refractivity contribution in [3.8, 4) is 5.75 Å². The van der Waals surface area contributed by atoms with Gasteiger partial charge in [0.15, 0.2) is 0 Å². The molecule has 19 heavy (non-hydrogen) atoms. The van der Waals surface area contributed by atoms with Crippen molar-refractivity contribution < 1.29 is 9.84 Å². The molecule has 0 aromatic heterocycles. The highest BCUT2D eigenvalue weighted by Crippen LogP contribution is 2.18. The minimum atomic E-state index is 0.336. The topological polar surface area (TPSA) is 41.5 Å². The standard InChI is InChI=1S/C16H25NO2/c1-12(17-11-16-10-4-13(2)19-16)3-5-14-6-8-15(18)9-7-14/h6-9,12-13,16-18H,3-5,10-11H2,1-2H3. The van der Waals surface area contributed by atoms with Crippen molar-refractivity contribution in [2.75, 3.05) is 6.54 Å². The number of rotatable bonds is 6. The van der Waals surface area contributed by atoms with Crippen LogP contribution in [0.2, 0.25) is 0 Å². The summed E-state index contributed by atoms with van der Waals surface area (Å²) in [5, 5.41) is 12.8. The first-order chi connectivity index (χ1) is 9.13. The Hall–Kier alpha value is -1.06. The number of phenols is 1. The Morgan fingerprint density at radius 3 is 2.68 bits per heavy atom. The van der Waals surface area contributed by atoms with Crippen molar-refractivity contribution in [2.24, 2.45) is 0 Å². The molecule has 1 heterocycles. The second-order valence-electron chi connectivity index (χ2n) is 5.66. The molecule has 1 fully saturated rings. The highest BCUT2D eigenvalue weighted by Gasteiger charge is 2.21. The van der Waals surface area contributed by atoms with Crippen LogP contribution in [0.1, 0.15) is 38.7 Å². The molecule has 2 N–H and O–H groups in total. The monoisotopic (exact) mass is 263 g/mol. The van der Waals surface area contributed by atoms with Gasteiger partial charge in [-0.05, 0) is 57.2 Å². The molecule has 3 atom stereocenters. The van der Waals surface area contributed by atoms with Crippen LogP contribution in [0.25, 0.3) is 0 Å². The van der Waals surface area contributed by atoms with Crippen LogP contribution < -0.4 is 5.32 Å². The van der Waals surface area contributed by atoms with Gasteiger partial charge in [0.2, 0.25) is 0 Å². The van der Waals surface area contributed by atoms with Crippen molar-refractivity contribution >= 4 is 0 Å². The first-order valence-corrected chi connectivity index (χ1v) is 7.30. The second-order valence-corrected chi connectivity index (χ2v) is 5.66. The lowest BCUT2D eigenvalue weighted by Gasteiger charge is -2.17. The quantitative estimate of drug-likeness (QED) is 0.829. The first-order valence-electron chi connectivity index (χ1n) is 7.30. The summed E-state index contributed by atoms with van der Waals surface area (Å²) in [5.41, 5.74) is 1.28. The van der Waals surface area contributed by atoms with Crippen LogP contribution in [0.5, 0.6) is 5.75 Å². The van der Waals surface area contributed by atoms with Gasteiger partial charge < -0.3 is 15.2 Å². The van der Waals surface area contributed by atoms with Gasteiger partial charge in [-0.2, -0.15) is 0 Å². The Balaban J connectivity index is 1.64. The van der Waals surface area contributed by atoms with Crippen LogP contribution in [-0.2, 0) is 11.2 Å². The van der Waals surface area contributed by atoms with Crippen LogP contribution in [0.4, 0.5) is 0 Å². The fourth-order valence-corrected chi connectivity index (χ4v) is 2.52. The van der Waals surface area contributed by atoms with E-state index in [0.717, 1.165) is 19.4 Å². The van der Waals surface area contributed by atoms with Crippen LogP contribution in [0, 0.1) is 0 Å². The van der Waals surface area contributed by atoms with E-state index in [9.17, 15) is 5.11 Å². The summed E-state index contributed by atoms with van der Waals surface area (Å²) in [7, 11) is 0. The van der Waals surface area contributed by atoms with E-state index in [0.29, 0.717) is 24.0 Å². The van der Waals surface area contributed by atoms with Gasteiger partial charge in [-0.25, -0.2) is 0 Å². The van der Waals surface area contributed by atoms with E-state index in [1.165, 1.54) is 18.4 Å². The van der Waals surface area contributed by atoms with Crippen LogP contribution >= 0.6 is 0 Å². The zero-order valence-electron chi connectivity index (χ0n) is 11.9. The van der Waals surface area contributed by atoms with Gasteiger partial charge in [-0.15, -0.1) is 0 Å². The highest BCUT2D eigenvalue weighted by atomic mass is 16.5. The third-order valence-electron chi connectivity index (χ3n) is 3.82. The van der Waals surface area contributed by atoms with E-state index in [4.69, 9.17) is 4.74 Å². The molecule has 106 valence electrons. The van der Waals surface area contributed by atoms with Crippen molar-refractivity contribution in [3.05, 3.63) is 29.8 Å². The van der Waals surface area contributed by atoms with Crippen LogP contribution in [-0.4, -0.2) is 29.9 Å². The van der Waals surface area contributed by atoms with Crippen LogP contribution in [0.15, 0.2) is 24.3 Å². The zero-order valence-corrected chi connectivity index (χ0v) is 11.9. The van der Waals surface area contributed by atoms with Crippen molar-refractivity contribution in [1.29, 1.82) is 0 Å². The van der Waals surface area contributed by atoms with Gasteiger partial charge >= 0.3 is 0 Å². The molecular formula is C16H25NO2. The van der Waals surface area contributed by atoms with Crippen molar-refractivity contribution in [1.82, 2.24) is 5.32 Å². The minimum Gasteiger partial charge on any atom is -0.508 e. The number of hydrogen-bond donors (Lipinski definition) is 2. The number of phenolic OH excluding ortho intramolecular Hbond substituents is 1. The molecule has 0 aliphatic carbocycles. The van der Waals surface area contributed by atoms with E-state index < -0.39 is 0 Å². The van der Waals surface area contributed by atoms with Gasteiger partial charge in [0.05, 0.1) is 12.2 Å². The molecule has 1 aliphatic rings. The van der Waals surface area contributed by atoms with E-state index in [-0.39, 0.29) is 0 Å². The van der Waals surface area contributed by atoms with Crippen molar-refractivity contribution in [2.45, 2.75) is 57.8 Å². The molecule has 2 rings (SSSR count). The van der Waals surface area contributed by atoms with Gasteiger partial charge in [-0.1, -0.05) is 12.1 Å². The maximum Gasteiger partial charge on any atom is 0.115 e.